The van der Waals surface area contributed by atoms with Crippen LogP contribution in [0.25, 0.3) is 0 Å². The Kier molecular flexibility index (Phi) is 3.72. The average molecular weight is 243 g/mol. The quantitative estimate of drug-likeness (QED) is 0.819. The normalized spacial score (nSPS) is 9.94. The lowest BCUT2D eigenvalue weighted by Gasteiger charge is -2.14. The Labute approximate surface area is 108 Å². The molecule has 0 saturated heterocycles. The molecule has 2 aromatic carbocycles. The molecule has 0 aromatic heterocycles. The molecule has 0 aliphatic rings. The van der Waals surface area contributed by atoms with Crippen LogP contribution in [0.4, 0.5) is 5.69 Å². The molecule has 0 amide bonds. The second-order valence-corrected chi connectivity index (χ2v) is 4.17. The van der Waals surface area contributed by atoms with E-state index in [1.165, 1.54) is 0 Å². The van der Waals surface area contributed by atoms with Crippen LogP contribution in [0.5, 0.6) is 17.2 Å². The highest BCUT2D eigenvalue weighted by Crippen LogP contribution is 2.27. The van der Waals surface area contributed by atoms with Gasteiger partial charge in [-0.1, -0.05) is 12.1 Å². The number of hydrogen-bond donors (Lipinski definition) is 0. The van der Waals surface area contributed by atoms with Crippen molar-refractivity contribution in [2.45, 2.75) is 0 Å². The predicted octanol–water partition coefficient (Wildman–Crippen LogP) is 3.55. The lowest BCUT2D eigenvalue weighted by atomic mass is 10.3. The monoisotopic (exact) mass is 243 g/mol. The van der Waals surface area contributed by atoms with Gasteiger partial charge in [0.2, 0.25) is 0 Å². The molecule has 0 saturated carbocycles. The summed E-state index contributed by atoms with van der Waals surface area (Å²) in [6.07, 6.45) is 0. The maximum absolute atomic E-state index is 5.80. The number of benzene rings is 2. The van der Waals surface area contributed by atoms with Crippen LogP contribution in [0.2, 0.25) is 0 Å². The molecule has 0 N–H and O–H groups in total. The molecule has 2 rings (SSSR count). The molecule has 0 unspecified atom stereocenters. The molecular weight excluding hydrogens is 226 g/mol. The Hall–Kier alpha value is -2.16. The average Bonchev–Trinajstić information content (AvgIpc) is 2.39. The van der Waals surface area contributed by atoms with Crippen molar-refractivity contribution in [3.8, 4) is 17.2 Å². The Balaban J connectivity index is 2.20. The van der Waals surface area contributed by atoms with Gasteiger partial charge in [-0.2, -0.15) is 0 Å². The van der Waals surface area contributed by atoms with Gasteiger partial charge in [-0.3, -0.25) is 0 Å². The fourth-order valence-corrected chi connectivity index (χ4v) is 1.63. The second-order valence-electron chi connectivity index (χ2n) is 4.17. The molecule has 3 nitrogen and oxygen atoms in total. The van der Waals surface area contributed by atoms with Crippen molar-refractivity contribution in [1.29, 1.82) is 0 Å². The van der Waals surface area contributed by atoms with Gasteiger partial charge < -0.3 is 14.4 Å². The summed E-state index contributed by atoms with van der Waals surface area (Å²) in [5.41, 5.74) is 1.11. The van der Waals surface area contributed by atoms with Crippen LogP contribution in [-0.4, -0.2) is 21.2 Å². The number of ether oxygens (including phenoxy) is 2. The van der Waals surface area contributed by atoms with E-state index in [9.17, 15) is 0 Å². The van der Waals surface area contributed by atoms with E-state index in [0.29, 0.717) is 0 Å². The Morgan fingerprint density at radius 2 is 1.44 bits per heavy atom. The van der Waals surface area contributed by atoms with Crippen molar-refractivity contribution in [3.63, 3.8) is 0 Å². The molecule has 18 heavy (non-hydrogen) atoms. The first-order valence-corrected chi connectivity index (χ1v) is 5.78. The van der Waals surface area contributed by atoms with Gasteiger partial charge in [0.25, 0.3) is 0 Å². The Bertz CT molecular complexity index is 523. The van der Waals surface area contributed by atoms with E-state index in [4.69, 9.17) is 9.47 Å². The first-order chi connectivity index (χ1) is 8.69. The number of hydrogen-bond acceptors (Lipinski definition) is 3. The predicted molar refractivity (Wildman–Crippen MR) is 73.8 cm³/mol. The van der Waals surface area contributed by atoms with Crippen molar-refractivity contribution in [1.82, 2.24) is 0 Å². The highest BCUT2D eigenvalue weighted by molar-refractivity contribution is 5.50. The summed E-state index contributed by atoms with van der Waals surface area (Å²) < 4.78 is 11.0. The number of methoxy groups -OCH3 is 1. The minimum absolute atomic E-state index is 0.769. The lowest BCUT2D eigenvalue weighted by Crippen LogP contribution is -2.08. The largest absolute Gasteiger partial charge is 0.497 e. The molecule has 3 heteroatoms. The van der Waals surface area contributed by atoms with Crippen molar-refractivity contribution in [2.75, 3.05) is 26.1 Å². The van der Waals surface area contributed by atoms with Gasteiger partial charge in [-0.15, -0.1) is 0 Å². The van der Waals surface area contributed by atoms with Gasteiger partial charge in [0.15, 0.2) is 0 Å². The van der Waals surface area contributed by atoms with Gasteiger partial charge in [-0.05, 0) is 24.3 Å². The zero-order valence-electron chi connectivity index (χ0n) is 10.9. The van der Waals surface area contributed by atoms with Crippen LogP contribution in [0.15, 0.2) is 48.5 Å². The highest BCUT2D eigenvalue weighted by Gasteiger charge is 2.01. The molecule has 0 aliphatic heterocycles. The Morgan fingerprint density at radius 3 is 2.11 bits per heavy atom. The van der Waals surface area contributed by atoms with E-state index in [1.54, 1.807) is 7.11 Å². The Morgan fingerprint density at radius 1 is 0.833 bits per heavy atom. The molecule has 0 aliphatic carbocycles. The smallest absolute Gasteiger partial charge is 0.131 e. The summed E-state index contributed by atoms with van der Waals surface area (Å²) >= 11 is 0. The maximum Gasteiger partial charge on any atom is 0.131 e. The first kappa shape index (κ1) is 12.3. The van der Waals surface area contributed by atoms with Crippen molar-refractivity contribution >= 4 is 5.69 Å². The molecule has 0 fully saturated rings. The zero-order chi connectivity index (χ0) is 13.0. The van der Waals surface area contributed by atoms with E-state index in [0.717, 1.165) is 22.9 Å². The van der Waals surface area contributed by atoms with E-state index in [1.807, 2.05) is 67.5 Å². The highest BCUT2D eigenvalue weighted by atomic mass is 16.5. The van der Waals surface area contributed by atoms with E-state index in [2.05, 4.69) is 0 Å². The third-order valence-corrected chi connectivity index (χ3v) is 2.61. The molecule has 0 spiro atoms. The summed E-state index contributed by atoms with van der Waals surface area (Å²) in [5.74, 6) is 2.37. The molecule has 0 radical (unpaired) electrons. The third kappa shape index (κ3) is 2.94. The van der Waals surface area contributed by atoms with Crippen LogP contribution < -0.4 is 14.4 Å². The van der Waals surface area contributed by atoms with E-state index < -0.39 is 0 Å². The second kappa shape index (κ2) is 5.45. The van der Waals surface area contributed by atoms with Crippen LogP contribution >= 0.6 is 0 Å². The molecule has 0 bridgehead atoms. The topological polar surface area (TPSA) is 21.7 Å². The molecule has 2 aromatic rings. The van der Waals surface area contributed by atoms with Gasteiger partial charge in [-0.25, -0.2) is 0 Å². The number of anilines is 1. The zero-order valence-corrected chi connectivity index (χ0v) is 10.9. The maximum atomic E-state index is 5.80. The standard InChI is InChI=1S/C15H17NO2/c1-16(2)12-6-4-8-14(10-12)18-15-9-5-7-13(11-15)17-3/h4-11H,1-3H3. The SMILES string of the molecule is COc1cccc(Oc2cccc(N(C)C)c2)c1. The van der Waals surface area contributed by atoms with Gasteiger partial charge in [0.05, 0.1) is 7.11 Å². The number of rotatable bonds is 4. The fraction of sp³-hybridized carbons (Fsp3) is 0.200. The van der Waals surface area contributed by atoms with Gasteiger partial charge in [0, 0.05) is 31.9 Å². The van der Waals surface area contributed by atoms with Gasteiger partial charge in [0.1, 0.15) is 17.2 Å². The van der Waals surface area contributed by atoms with E-state index >= 15 is 0 Å². The van der Waals surface area contributed by atoms with Crippen LogP contribution in [0, 0.1) is 0 Å². The lowest BCUT2D eigenvalue weighted by molar-refractivity contribution is 0.409. The molecule has 0 heterocycles. The molecule has 0 atom stereocenters. The molecular formula is C15H17NO2. The number of nitrogens with zero attached hydrogens (tertiary/aromatic N) is 1. The van der Waals surface area contributed by atoms with E-state index in [-0.39, 0.29) is 0 Å². The van der Waals surface area contributed by atoms with Crippen LogP contribution in [0.3, 0.4) is 0 Å². The van der Waals surface area contributed by atoms with Crippen molar-refractivity contribution < 1.29 is 9.47 Å². The van der Waals surface area contributed by atoms with Crippen molar-refractivity contribution in [2.24, 2.45) is 0 Å². The molecule has 94 valence electrons. The van der Waals surface area contributed by atoms with Gasteiger partial charge >= 0.3 is 0 Å². The van der Waals surface area contributed by atoms with Crippen molar-refractivity contribution in [3.05, 3.63) is 48.5 Å². The van der Waals surface area contributed by atoms with Crippen LogP contribution in [-0.2, 0) is 0 Å². The first-order valence-electron chi connectivity index (χ1n) is 5.78. The summed E-state index contributed by atoms with van der Waals surface area (Å²) in [6.45, 7) is 0. The summed E-state index contributed by atoms with van der Waals surface area (Å²) in [5, 5.41) is 0. The summed E-state index contributed by atoms with van der Waals surface area (Å²) in [6, 6.07) is 15.5. The minimum Gasteiger partial charge on any atom is -0.497 e. The summed E-state index contributed by atoms with van der Waals surface area (Å²) in [7, 11) is 5.65. The minimum atomic E-state index is 0.769. The fourth-order valence-electron chi connectivity index (χ4n) is 1.63. The third-order valence-electron chi connectivity index (χ3n) is 2.61. The summed E-state index contributed by atoms with van der Waals surface area (Å²) in [4.78, 5) is 2.04. The van der Waals surface area contributed by atoms with Crippen LogP contribution in [0.1, 0.15) is 0 Å².